The highest BCUT2D eigenvalue weighted by Gasteiger charge is 2.34. The Morgan fingerprint density at radius 1 is 1.09 bits per heavy atom. The van der Waals surface area contributed by atoms with E-state index in [0.717, 1.165) is 11.1 Å². The molecule has 168 valence electrons. The molecule has 2 aromatic carbocycles. The molecule has 0 saturated carbocycles. The number of nitrogens with zero attached hydrogens (tertiary/aromatic N) is 1. The van der Waals surface area contributed by atoms with Crippen LogP contribution in [0.15, 0.2) is 48.5 Å². The normalized spacial score (nSPS) is 18.0. The molecule has 1 saturated heterocycles. The number of nitrogens with one attached hydrogen (secondary N) is 1. The van der Waals surface area contributed by atoms with Crippen molar-refractivity contribution >= 4 is 18.0 Å². The molecule has 7 nitrogen and oxygen atoms in total. The second-order valence-corrected chi connectivity index (χ2v) is 8.49. The molecule has 4 rings (SSSR count). The van der Waals surface area contributed by atoms with E-state index in [1.807, 2.05) is 31.2 Å². The van der Waals surface area contributed by atoms with Crippen molar-refractivity contribution in [3.63, 3.8) is 0 Å². The summed E-state index contributed by atoms with van der Waals surface area (Å²) in [4.78, 5) is 37.5. The number of likely N-dealkylation sites (tertiary alicyclic amines) is 1. The largest absolute Gasteiger partial charge is 0.480 e. The molecule has 1 heterocycles. The van der Waals surface area contributed by atoms with Crippen LogP contribution in [0.1, 0.15) is 49.7 Å². The second-order valence-electron chi connectivity index (χ2n) is 8.49. The number of rotatable bonds is 7. The van der Waals surface area contributed by atoms with Gasteiger partial charge in [-0.25, -0.2) is 9.59 Å². The van der Waals surface area contributed by atoms with E-state index in [1.165, 1.54) is 16.0 Å². The van der Waals surface area contributed by atoms with Gasteiger partial charge < -0.3 is 20.1 Å². The van der Waals surface area contributed by atoms with Crippen molar-refractivity contribution < 1.29 is 24.2 Å². The third-order valence-corrected chi connectivity index (χ3v) is 6.36. The molecule has 2 aliphatic rings. The van der Waals surface area contributed by atoms with Crippen LogP contribution in [0.3, 0.4) is 0 Å². The van der Waals surface area contributed by atoms with E-state index in [9.17, 15) is 19.5 Å². The van der Waals surface area contributed by atoms with Crippen LogP contribution in [0.4, 0.5) is 4.79 Å². The fourth-order valence-corrected chi connectivity index (χ4v) is 4.72. The van der Waals surface area contributed by atoms with Crippen LogP contribution in [-0.4, -0.2) is 53.2 Å². The van der Waals surface area contributed by atoms with Crippen LogP contribution >= 0.6 is 0 Å². The third-order valence-electron chi connectivity index (χ3n) is 6.36. The fourth-order valence-electron chi connectivity index (χ4n) is 4.72. The molecule has 1 fully saturated rings. The lowest BCUT2D eigenvalue weighted by Crippen LogP contribution is -2.41. The van der Waals surface area contributed by atoms with Crippen molar-refractivity contribution in [2.24, 2.45) is 0 Å². The second kappa shape index (κ2) is 9.42. The number of alkyl carbamates (subject to hydrolysis) is 1. The highest BCUT2D eigenvalue weighted by atomic mass is 16.5. The van der Waals surface area contributed by atoms with E-state index in [-0.39, 0.29) is 30.9 Å². The molecule has 2 aromatic rings. The Labute approximate surface area is 187 Å². The van der Waals surface area contributed by atoms with Crippen molar-refractivity contribution in [2.45, 2.75) is 50.6 Å². The van der Waals surface area contributed by atoms with E-state index in [4.69, 9.17) is 4.74 Å². The molecule has 0 spiro atoms. The van der Waals surface area contributed by atoms with E-state index >= 15 is 0 Å². The number of hydrogen-bond acceptors (Lipinski definition) is 4. The fraction of sp³-hybridized carbons (Fsp3) is 0.400. The maximum Gasteiger partial charge on any atom is 0.407 e. The number of fused-ring (bicyclic) bond motifs is 3. The van der Waals surface area contributed by atoms with Gasteiger partial charge in [-0.15, -0.1) is 0 Å². The average Bonchev–Trinajstić information content (AvgIpc) is 3.40. The summed E-state index contributed by atoms with van der Waals surface area (Å²) in [5.74, 6) is -1.15. The molecule has 2 amide bonds. The molecular formula is C25H28N2O5. The summed E-state index contributed by atoms with van der Waals surface area (Å²) in [6, 6.07) is 15.3. The van der Waals surface area contributed by atoms with E-state index in [1.54, 1.807) is 0 Å². The molecule has 1 aliphatic heterocycles. The van der Waals surface area contributed by atoms with E-state index < -0.39 is 18.1 Å². The van der Waals surface area contributed by atoms with Crippen molar-refractivity contribution in [3.8, 4) is 11.1 Å². The standard InChI is InChI=1S/C25H28N2O5/c1-16(12-13-23(28)27-14-6-11-22(27)24(29)30)26-25(31)32-15-21-19-9-4-2-7-17(19)18-8-3-5-10-20(18)21/h2-5,7-10,16,21-22H,6,11-15H2,1H3,(H,26,31)(H,29,30)/t16?,22-/m1/s1. The predicted octanol–water partition coefficient (Wildman–Crippen LogP) is 3.77. The SMILES string of the molecule is CC(CCC(=O)N1CCC[C@@H]1C(=O)O)NC(=O)OCC1c2ccccc2-c2ccccc21. The highest BCUT2D eigenvalue weighted by molar-refractivity contribution is 5.84. The van der Waals surface area contributed by atoms with E-state index in [0.29, 0.717) is 25.8 Å². The number of carbonyl (C=O) groups excluding carboxylic acids is 2. The first kappa shape index (κ1) is 21.9. The quantitative estimate of drug-likeness (QED) is 0.689. The molecule has 0 radical (unpaired) electrons. The summed E-state index contributed by atoms with van der Waals surface area (Å²) in [7, 11) is 0. The molecule has 0 bridgehead atoms. The van der Waals surface area contributed by atoms with Crippen LogP contribution in [0.5, 0.6) is 0 Å². The lowest BCUT2D eigenvalue weighted by molar-refractivity contribution is -0.148. The zero-order valence-electron chi connectivity index (χ0n) is 18.1. The lowest BCUT2D eigenvalue weighted by atomic mass is 9.98. The summed E-state index contributed by atoms with van der Waals surface area (Å²) in [6.07, 6.45) is 1.29. The Kier molecular flexibility index (Phi) is 6.44. The van der Waals surface area contributed by atoms with E-state index in [2.05, 4.69) is 29.6 Å². The van der Waals surface area contributed by atoms with Gasteiger partial charge in [0.05, 0.1) is 0 Å². The van der Waals surface area contributed by atoms with Gasteiger partial charge in [0, 0.05) is 24.9 Å². The Hall–Kier alpha value is -3.35. The van der Waals surface area contributed by atoms with Crippen LogP contribution in [-0.2, 0) is 14.3 Å². The minimum Gasteiger partial charge on any atom is -0.480 e. The van der Waals surface area contributed by atoms with Crippen molar-refractivity contribution in [2.75, 3.05) is 13.2 Å². The number of carboxylic acid groups (broad SMARTS) is 1. The molecule has 0 aromatic heterocycles. The zero-order chi connectivity index (χ0) is 22.7. The molecule has 1 aliphatic carbocycles. The average molecular weight is 437 g/mol. The van der Waals surface area contributed by atoms with Gasteiger partial charge in [0.1, 0.15) is 12.6 Å². The molecule has 32 heavy (non-hydrogen) atoms. The first-order valence-electron chi connectivity index (χ1n) is 11.1. The summed E-state index contributed by atoms with van der Waals surface area (Å²) in [5.41, 5.74) is 4.65. The molecule has 1 unspecified atom stereocenters. The van der Waals surface area contributed by atoms with Crippen molar-refractivity contribution in [1.82, 2.24) is 10.2 Å². The number of benzene rings is 2. The van der Waals surface area contributed by atoms with Gasteiger partial charge >= 0.3 is 12.1 Å². The number of amides is 2. The first-order valence-corrected chi connectivity index (χ1v) is 11.1. The number of ether oxygens (including phenoxy) is 1. The maximum atomic E-state index is 12.4. The Morgan fingerprint density at radius 2 is 1.72 bits per heavy atom. The predicted molar refractivity (Wildman–Crippen MR) is 119 cm³/mol. The summed E-state index contributed by atoms with van der Waals surface area (Å²) in [6.45, 7) is 2.52. The zero-order valence-corrected chi connectivity index (χ0v) is 18.1. The summed E-state index contributed by atoms with van der Waals surface area (Å²) >= 11 is 0. The van der Waals surface area contributed by atoms with Crippen LogP contribution in [0.25, 0.3) is 11.1 Å². The summed E-state index contributed by atoms with van der Waals surface area (Å²) in [5, 5.41) is 12.0. The Morgan fingerprint density at radius 3 is 2.34 bits per heavy atom. The number of hydrogen-bond donors (Lipinski definition) is 2. The van der Waals surface area contributed by atoms with Gasteiger partial charge in [-0.2, -0.15) is 0 Å². The van der Waals surface area contributed by atoms with Crippen LogP contribution in [0, 0.1) is 0 Å². The molecule has 7 heteroatoms. The number of aliphatic carboxylic acids is 1. The Bertz CT molecular complexity index is 975. The van der Waals surface area contributed by atoms with Crippen LogP contribution < -0.4 is 5.32 Å². The maximum absolute atomic E-state index is 12.4. The van der Waals surface area contributed by atoms with Gasteiger partial charge in [-0.3, -0.25) is 4.79 Å². The number of carboxylic acids is 1. The smallest absolute Gasteiger partial charge is 0.407 e. The monoisotopic (exact) mass is 436 g/mol. The van der Waals surface area contributed by atoms with Gasteiger partial charge in [0.25, 0.3) is 0 Å². The van der Waals surface area contributed by atoms with Gasteiger partial charge in [-0.1, -0.05) is 48.5 Å². The van der Waals surface area contributed by atoms with Crippen molar-refractivity contribution in [3.05, 3.63) is 59.7 Å². The minimum absolute atomic E-state index is 0.00634. The third kappa shape index (κ3) is 4.47. The lowest BCUT2D eigenvalue weighted by Gasteiger charge is -2.22. The summed E-state index contributed by atoms with van der Waals surface area (Å²) < 4.78 is 5.54. The highest BCUT2D eigenvalue weighted by Crippen LogP contribution is 2.44. The van der Waals surface area contributed by atoms with Gasteiger partial charge in [0.2, 0.25) is 5.91 Å². The van der Waals surface area contributed by atoms with Crippen LogP contribution in [0.2, 0.25) is 0 Å². The van der Waals surface area contributed by atoms with Crippen molar-refractivity contribution in [1.29, 1.82) is 0 Å². The topological polar surface area (TPSA) is 95.9 Å². The first-order chi connectivity index (χ1) is 15.5. The molecule has 2 atom stereocenters. The number of carbonyl (C=O) groups is 3. The van der Waals surface area contributed by atoms with Gasteiger partial charge in [0.15, 0.2) is 0 Å². The Balaban J connectivity index is 1.27. The minimum atomic E-state index is -0.958. The molecule has 2 N–H and O–H groups in total. The van der Waals surface area contributed by atoms with Gasteiger partial charge in [-0.05, 0) is 48.4 Å². The molecular weight excluding hydrogens is 408 g/mol.